The Bertz CT molecular complexity index is 986. The highest BCUT2D eigenvalue weighted by molar-refractivity contribution is 6.10. The summed E-state index contributed by atoms with van der Waals surface area (Å²) in [7, 11) is 2.06. The maximum atomic E-state index is 13.1. The molecule has 136 valence electrons. The molecular formula is C22H26N2O2. The molecule has 0 spiro atoms. The van der Waals surface area contributed by atoms with Gasteiger partial charge in [-0.2, -0.15) is 0 Å². The molecule has 2 aromatic carbocycles. The summed E-state index contributed by atoms with van der Waals surface area (Å²) in [5, 5.41) is 12.8. The molecular weight excluding hydrogens is 324 g/mol. The summed E-state index contributed by atoms with van der Waals surface area (Å²) in [6.07, 6.45) is 1.51. The molecule has 0 radical (unpaired) electrons. The van der Waals surface area contributed by atoms with Crippen LogP contribution in [0.1, 0.15) is 37.0 Å². The molecule has 4 rings (SSSR count). The average Bonchev–Trinajstić information content (AvgIpc) is 2.93. The number of carbonyl (C=O) groups excluding carboxylic acids is 1. The molecule has 1 aliphatic heterocycles. The average molecular weight is 350 g/mol. The maximum absolute atomic E-state index is 13.1. The number of likely N-dealkylation sites (tertiary alicyclic amines) is 1. The Morgan fingerprint density at radius 3 is 2.69 bits per heavy atom. The van der Waals surface area contributed by atoms with Gasteiger partial charge in [-0.1, -0.05) is 25.1 Å². The van der Waals surface area contributed by atoms with E-state index in [0.29, 0.717) is 19.5 Å². The van der Waals surface area contributed by atoms with Gasteiger partial charge in [-0.25, -0.2) is 0 Å². The number of hydrogen-bond acceptors (Lipinski definition) is 2. The van der Waals surface area contributed by atoms with Crippen molar-refractivity contribution >= 4 is 27.7 Å². The Morgan fingerprint density at radius 2 is 1.92 bits per heavy atom. The van der Waals surface area contributed by atoms with Gasteiger partial charge >= 0.3 is 0 Å². The zero-order valence-corrected chi connectivity index (χ0v) is 15.7. The molecule has 3 aromatic rings. The van der Waals surface area contributed by atoms with Crippen LogP contribution in [-0.4, -0.2) is 39.2 Å². The molecule has 1 N–H and O–H groups in total. The Hall–Kier alpha value is -2.33. The molecule has 2 atom stereocenters. The fourth-order valence-electron chi connectivity index (χ4n) is 4.36. The molecule has 1 aliphatic rings. The van der Waals surface area contributed by atoms with Gasteiger partial charge in [0, 0.05) is 53.4 Å². The summed E-state index contributed by atoms with van der Waals surface area (Å²) < 4.78 is 2.17. The number of nitrogens with zero attached hydrogens (tertiary/aromatic N) is 2. The van der Waals surface area contributed by atoms with Gasteiger partial charge < -0.3 is 14.6 Å². The zero-order valence-electron chi connectivity index (χ0n) is 15.7. The number of hydrogen-bond donors (Lipinski definition) is 1. The van der Waals surface area contributed by atoms with Gasteiger partial charge in [0.1, 0.15) is 0 Å². The molecule has 4 heteroatoms. The molecule has 0 aliphatic carbocycles. The Morgan fingerprint density at radius 1 is 1.19 bits per heavy atom. The van der Waals surface area contributed by atoms with Crippen molar-refractivity contribution in [3.8, 4) is 0 Å². The zero-order chi connectivity index (χ0) is 18.5. The largest absolute Gasteiger partial charge is 0.390 e. The lowest BCUT2D eigenvalue weighted by Crippen LogP contribution is -2.51. The fourth-order valence-corrected chi connectivity index (χ4v) is 4.36. The monoisotopic (exact) mass is 350 g/mol. The molecule has 1 saturated heterocycles. The van der Waals surface area contributed by atoms with Crippen LogP contribution in [0.15, 0.2) is 42.5 Å². The van der Waals surface area contributed by atoms with E-state index >= 15 is 0 Å². The highest BCUT2D eigenvalue weighted by Crippen LogP contribution is 2.32. The normalized spacial score (nSPS) is 23.7. The van der Waals surface area contributed by atoms with Crippen molar-refractivity contribution < 1.29 is 9.90 Å². The predicted molar refractivity (Wildman–Crippen MR) is 105 cm³/mol. The molecule has 0 saturated carbocycles. The van der Waals surface area contributed by atoms with Gasteiger partial charge in [0.05, 0.1) is 5.60 Å². The van der Waals surface area contributed by atoms with Crippen molar-refractivity contribution in [2.45, 2.75) is 32.3 Å². The first-order valence-electron chi connectivity index (χ1n) is 9.41. The number of fused-ring (bicyclic) bond motifs is 3. The number of aliphatic hydroxyl groups is 1. The first-order chi connectivity index (χ1) is 12.4. The number of rotatable bonds is 2. The molecule has 0 bridgehead atoms. The van der Waals surface area contributed by atoms with Crippen LogP contribution in [0.5, 0.6) is 0 Å². The van der Waals surface area contributed by atoms with Crippen molar-refractivity contribution in [2.24, 2.45) is 13.0 Å². The van der Waals surface area contributed by atoms with Crippen LogP contribution < -0.4 is 0 Å². The third-order valence-corrected chi connectivity index (χ3v) is 6.15. The van der Waals surface area contributed by atoms with Gasteiger partial charge in [0.25, 0.3) is 5.91 Å². The molecule has 0 unspecified atom stereocenters. The van der Waals surface area contributed by atoms with Crippen LogP contribution in [0.2, 0.25) is 0 Å². The van der Waals surface area contributed by atoms with Crippen molar-refractivity contribution in [3.63, 3.8) is 0 Å². The summed E-state index contributed by atoms with van der Waals surface area (Å²) in [5.74, 6) is 0.190. The quantitative estimate of drug-likeness (QED) is 0.760. The first kappa shape index (κ1) is 17.1. The van der Waals surface area contributed by atoms with E-state index in [2.05, 4.69) is 30.7 Å². The molecule has 26 heavy (non-hydrogen) atoms. The van der Waals surface area contributed by atoms with Crippen molar-refractivity contribution in [1.29, 1.82) is 0 Å². The van der Waals surface area contributed by atoms with E-state index in [9.17, 15) is 9.90 Å². The topological polar surface area (TPSA) is 45.5 Å². The van der Waals surface area contributed by atoms with E-state index in [1.807, 2.05) is 42.2 Å². The van der Waals surface area contributed by atoms with Crippen molar-refractivity contribution in [2.75, 3.05) is 13.1 Å². The summed E-state index contributed by atoms with van der Waals surface area (Å²) in [5.41, 5.74) is 2.36. The summed E-state index contributed by atoms with van der Waals surface area (Å²) in [6.45, 7) is 5.20. The first-order valence-corrected chi connectivity index (χ1v) is 9.41. The minimum atomic E-state index is -0.675. The second-order valence-electron chi connectivity index (χ2n) is 7.77. The summed E-state index contributed by atoms with van der Waals surface area (Å²) in [4.78, 5) is 15.0. The molecule has 2 heterocycles. The number of aromatic nitrogens is 1. The van der Waals surface area contributed by atoms with Crippen molar-refractivity contribution in [1.82, 2.24) is 9.47 Å². The van der Waals surface area contributed by atoms with Gasteiger partial charge in [0.2, 0.25) is 0 Å². The highest BCUT2D eigenvalue weighted by Gasteiger charge is 2.38. The van der Waals surface area contributed by atoms with Crippen LogP contribution in [0, 0.1) is 5.92 Å². The highest BCUT2D eigenvalue weighted by atomic mass is 16.3. The standard InChI is InChI=1S/C22H26N2O2/c1-4-16-14-24(12-11-22(16,2)26)21(25)15-9-10-20-18(13-15)17-7-5-6-8-19(17)23(20)3/h5-10,13,16,26H,4,11-12,14H2,1-3H3/t16-,22+/m1/s1. The number of aryl methyl sites for hydroxylation is 1. The third kappa shape index (κ3) is 2.60. The second-order valence-corrected chi connectivity index (χ2v) is 7.77. The lowest BCUT2D eigenvalue weighted by molar-refractivity contribution is -0.0521. The summed E-state index contributed by atoms with van der Waals surface area (Å²) >= 11 is 0. The van der Waals surface area contributed by atoms with Crippen LogP contribution >= 0.6 is 0 Å². The summed E-state index contributed by atoms with van der Waals surface area (Å²) in [6, 6.07) is 14.3. The van der Waals surface area contributed by atoms with Crippen LogP contribution in [-0.2, 0) is 7.05 Å². The molecule has 1 amide bonds. The molecule has 1 aromatic heterocycles. The Labute approximate surface area is 154 Å². The number of para-hydroxylation sites is 1. The Balaban J connectivity index is 1.71. The van der Waals surface area contributed by atoms with Gasteiger partial charge in [0.15, 0.2) is 0 Å². The van der Waals surface area contributed by atoms with E-state index in [0.717, 1.165) is 22.9 Å². The predicted octanol–water partition coefficient (Wildman–Crippen LogP) is 3.95. The fraction of sp³-hybridized carbons (Fsp3) is 0.409. The van der Waals surface area contributed by atoms with Crippen molar-refractivity contribution in [3.05, 3.63) is 48.0 Å². The van der Waals surface area contributed by atoms with Crippen LogP contribution in [0.3, 0.4) is 0 Å². The lowest BCUT2D eigenvalue weighted by Gasteiger charge is -2.42. The Kier molecular flexibility index (Phi) is 4.03. The SMILES string of the molecule is CC[C@@H]1CN(C(=O)c2ccc3c(c2)c2ccccc2n3C)CC[C@]1(C)O. The lowest BCUT2D eigenvalue weighted by atomic mass is 9.81. The number of amides is 1. The number of carbonyl (C=O) groups is 1. The van der Waals surface area contributed by atoms with E-state index in [-0.39, 0.29) is 11.8 Å². The van der Waals surface area contributed by atoms with Gasteiger partial charge in [-0.3, -0.25) is 4.79 Å². The van der Waals surface area contributed by atoms with E-state index < -0.39 is 5.60 Å². The molecule has 1 fully saturated rings. The minimum Gasteiger partial charge on any atom is -0.390 e. The van der Waals surface area contributed by atoms with Crippen LogP contribution in [0.25, 0.3) is 21.8 Å². The smallest absolute Gasteiger partial charge is 0.253 e. The number of benzene rings is 2. The second kappa shape index (κ2) is 6.13. The van der Waals surface area contributed by atoms with Gasteiger partial charge in [-0.05, 0) is 44.0 Å². The van der Waals surface area contributed by atoms with E-state index in [1.165, 1.54) is 10.9 Å². The van der Waals surface area contributed by atoms with E-state index in [4.69, 9.17) is 0 Å². The van der Waals surface area contributed by atoms with E-state index in [1.54, 1.807) is 0 Å². The molecule has 4 nitrogen and oxygen atoms in total. The maximum Gasteiger partial charge on any atom is 0.253 e. The minimum absolute atomic E-state index is 0.0637. The number of piperidine rings is 1. The van der Waals surface area contributed by atoms with Gasteiger partial charge in [-0.15, -0.1) is 0 Å². The third-order valence-electron chi connectivity index (χ3n) is 6.15. The van der Waals surface area contributed by atoms with Crippen LogP contribution in [0.4, 0.5) is 0 Å².